The molecule has 1 aliphatic heterocycles. The molecule has 0 aromatic carbocycles. The lowest BCUT2D eigenvalue weighted by atomic mass is 9.56. The standard InChI is InChI=1S/C27H46N4O3/c1-5-6-7-21(29-33-15-13-26-28-25(30-34-26)18-31(3)4)17-19-8-9-22-20(16-19)12-14-27(2)23(22)10-11-24(27)32/h17,20,22-24,26,32H,5-16,18H2,1-4H3,(H,28,30). The molecule has 3 saturated carbocycles. The highest BCUT2D eigenvalue weighted by atomic mass is 16.7. The predicted octanol–water partition coefficient (Wildman–Crippen LogP) is 4.67. The van der Waals surface area contributed by atoms with Crippen LogP contribution >= 0.6 is 0 Å². The smallest absolute Gasteiger partial charge is 0.180 e. The molecule has 0 aromatic heterocycles. The van der Waals surface area contributed by atoms with Gasteiger partial charge in [-0.05, 0) is 101 Å². The normalized spacial score (nSPS) is 36.9. The molecule has 0 saturated heterocycles. The van der Waals surface area contributed by atoms with Gasteiger partial charge < -0.3 is 14.8 Å². The Morgan fingerprint density at radius 2 is 2.18 bits per heavy atom. The summed E-state index contributed by atoms with van der Waals surface area (Å²) >= 11 is 0. The number of nitrogens with zero attached hydrogens (tertiary/aromatic N) is 3. The van der Waals surface area contributed by atoms with Gasteiger partial charge in [0.05, 0.1) is 18.4 Å². The number of oxime groups is 1. The van der Waals surface area contributed by atoms with Crippen molar-refractivity contribution in [1.82, 2.24) is 10.4 Å². The van der Waals surface area contributed by atoms with E-state index in [2.05, 4.69) is 40.5 Å². The van der Waals surface area contributed by atoms with Gasteiger partial charge in [-0.25, -0.2) is 15.3 Å². The number of nitrogens with one attached hydrogen (secondary N) is 1. The van der Waals surface area contributed by atoms with Crippen LogP contribution in [0, 0.1) is 23.2 Å². The average Bonchev–Trinajstić information content (AvgIpc) is 3.38. The van der Waals surface area contributed by atoms with Gasteiger partial charge in [0.25, 0.3) is 0 Å². The largest absolute Gasteiger partial charge is 0.395 e. The minimum Gasteiger partial charge on any atom is -0.395 e. The van der Waals surface area contributed by atoms with Crippen LogP contribution in [0.5, 0.6) is 0 Å². The van der Waals surface area contributed by atoms with E-state index < -0.39 is 0 Å². The number of hydroxylamine groups is 1. The topological polar surface area (TPSA) is 78.7 Å². The lowest BCUT2D eigenvalue weighted by Crippen LogP contribution is -2.44. The Hall–Kier alpha value is -1.44. The fourth-order valence-corrected chi connectivity index (χ4v) is 6.83. The lowest BCUT2D eigenvalue weighted by Gasteiger charge is -2.50. The molecule has 3 fully saturated rings. The fraction of sp³-hybridized carbons (Fsp3) is 0.852. The molecule has 192 valence electrons. The lowest BCUT2D eigenvalue weighted by molar-refractivity contribution is -0.0395. The Bertz CT molecular complexity index is 780. The van der Waals surface area contributed by atoms with E-state index in [1.807, 2.05) is 14.1 Å². The highest BCUT2D eigenvalue weighted by molar-refractivity contribution is 5.95. The van der Waals surface area contributed by atoms with E-state index in [0.717, 1.165) is 55.6 Å². The second-order valence-electron chi connectivity index (χ2n) is 11.5. The van der Waals surface area contributed by atoms with E-state index in [-0.39, 0.29) is 17.7 Å². The highest BCUT2D eigenvalue weighted by Crippen LogP contribution is 2.59. The van der Waals surface area contributed by atoms with Gasteiger partial charge in [-0.15, -0.1) is 0 Å². The number of unbranched alkanes of at least 4 members (excludes halogenated alkanes) is 1. The Morgan fingerprint density at radius 3 is 2.97 bits per heavy atom. The van der Waals surface area contributed by atoms with Gasteiger partial charge in [0.15, 0.2) is 6.23 Å². The molecule has 4 aliphatic rings. The number of aliphatic hydroxyl groups is 1. The summed E-state index contributed by atoms with van der Waals surface area (Å²) in [5.41, 5.74) is 5.69. The van der Waals surface area contributed by atoms with Crippen LogP contribution in [-0.4, -0.2) is 61.1 Å². The van der Waals surface area contributed by atoms with E-state index in [1.54, 1.807) is 5.57 Å². The van der Waals surface area contributed by atoms with Crippen LogP contribution in [0.3, 0.4) is 0 Å². The third-order valence-electron chi connectivity index (χ3n) is 8.73. The first-order chi connectivity index (χ1) is 16.4. The Morgan fingerprint density at radius 1 is 1.32 bits per heavy atom. The summed E-state index contributed by atoms with van der Waals surface area (Å²) in [6, 6.07) is 0. The summed E-state index contributed by atoms with van der Waals surface area (Å²) in [4.78, 5) is 17.8. The average molecular weight is 475 g/mol. The summed E-state index contributed by atoms with van der Waals surface area (Å²) in [6.45, 7) is 5.81. The van der Waals surface area contributed by atoms with Crippen molar-refractivity contribution < 1.29 is 14.8 Å². The quantitative estimate of drug-likeness (QED) is 0.273. The SMILES string of the molecule is CCCCC(C=C1CCC2C(CCC3(C)C(O)CCC23)C1)=NOCCC1N=C(CN(C)C)NO1. The second-order valence-corrected chi connectivity index (χ2v) is 11.5. The van der Waals surface area contributed by atoms with Crippen molar-refractivity contribution in [2.45, 2.75) is 96.8 Å². The number of aliphatic imine (C=N–C) groups is 1. The number of hydrogen-bond acceptors (Lipinski definition) is 7. The van der Waals surface area contributed by atoms with Gasteiger partial charge in [0.2, 0.25) is 0 Å². The van der Waals surface area contributed by atoms with Crippen LogP contribution < -0.4 is 5.48 Å². The zero-order chi connectivity index (χ0) is 24.1. The summed E-state index contributed by atoms with van der Waals surface area (Å²) in [6.07, 6.45) is 14.3. The number of hydrogen-bond donors (Lipinski definition) is 2. The molecule has 7 heteroatoms. The van der Waals surface area contributed by atoms with Crippen molar-refractivity contribution in [3.63, 3.8) is 0 Å². The van der Waals surface area contributed by atoms with Crippen LogP contribution in [0.1, 0.15) is 84.5 Å². The number of allylic oxidation sites excluding steroid dienone is 2. The van der Waals surface area contributed by atoms with Crippen molar-refractivity contribution in [3.8, 4) is 0 Å². The van der Waals surface area contributed by atoms with Crippen molar-refractivity contribution >= 4 is 11.5 Å². The number of fused-ring (bicyclic) bond motifs is 3. The van der Waals surface area contributed by atoms with Gasteiger partial charge in [0, 0.05) is 6.42 Å². The molecule has 2 N–H and O–H groups in total. The number of rotatable bonds is 10. The maximum atomic E-state index is 10.6. The Balaban J connectivity index is 1.30. The number of likely N-dealkylation sites (N-methyl/N-ethyl adjacent to an activating group) is 1. The fourth-order valence-electron chi connectivity index (χ4n) is 6.83. The van der Waals surface area contributed by atoms with Crippen molar-refractivity contribution in [1.29, 1.82) is 0 Å². The van der Waals surface area contributed by atoms with E-state index in [9.17, 15) is 5.11 Å². The molecule has 0 bridgehead atoms. The van der Waals surface area contributed by atoms with E-state index in [1.165, 1.54) is 38.5 Å². The third-order valence-corrected chi connectivity index (χ3v) is 8.73. The van der Waals surface area contributed by atoms with Crippen LogP contribution in [0.25, 0.3) is 0 Å². The molecule has 6 unspecified atom stereocenters. The van der Waals surface area contributed by atoms with E-state index in [4.69, 9.17) is 9.68 Å². The first-order valence-electron chi connectivity index (χ1n) is 13.6. The molecule has 0 radical (unpaired) electrons. The predicted molar refractivity (Wildman–Crippen MR) is 137 cm³/mol. The maximum Gasteiger partial charge on any atom is 0.180 e. The second kappa shape index (κ2) is 11.5. The molecule has 6 atom stereocenters. The minimum absolute atomic E-state index is 0.0870. The Labute approximate surface area is 206 Å². The Kier molecular flexibility index (Phi) is 8.70. The van der Waals surface area contributed by atoms with Crippen LogP contribution in [0.15, 0.2) is 21.8 Å². The molecule has 0 aromatic rings. The third kappa shape index (κ3) is 6.03. The first-order valence-corrected chi connectivity index (χ1v) is 13.6. The summed E-state index contributed by atoms with van der Waals surface area (Å²) in [5.74, 6) is 3.14. The molecule has 4 rings (SSSR count). The van der Waals surface area contributed by atoms with Crippen molar-refractivity contribution in [3.05, 3.63) is 11.6 Å². The maximum absolute atomic E-state index is 10.6. The summed E-state index contributed by atoms with van der Waals surface area (Å²) in [5, 5.41) is 15.1. The number of aliphatic hydroxyl groups excluding tert-OH is 1. The van der Waals surface area contributed by atoms with Gasteiger partial charge >= 0.3 is 0 Å². The van der Waals surface area contributed by atoms with E-state index >= 15 is 0 Å². The molecule has 34 heavy (non-hydrogen) atoms. The molecular weight excluding hydrogens is 428 g/mol. The van der Waals surface area contributed by atoms with Gasteiger partial charge in [-0.2, -0.15) is 0 Å². The highest BCUT2D eigenvalue weighted by Gasteiger charge is 2.53. The van der Waals surface area contributed by atoms with Gasteiger partial charge in [0.1, 0.15) is 12.4 Å². The van der Waals surface area contributed by atoms with E-state index in [0.29, 0.717) is 18.9 Å². The first kappa shape index (κ1) is 25.6. The summed E-state index contributed by atoms with van der Waals surface area (Å²) < 4.78 is 0. The van der Waals surface area contributed by atoms with Crippen LogP contribution in [0.2, 0.25) is 0 Å². The monoisotopic (exact) mass is 474 g/mol. The zero-order valence-corrected chi connectivity index (χ0v) is 21.8. The summed E-state index contributed by atoms with van der Waals surface area (Å²) in [7, 11) is 4.02. The molecule has 0 spiro atoms. The van der Waals surface area contributed by atoms with Gasteiger partial charge in [-0.1, -0.05) is 31.0 Å². The minimum atomic E-state index is -0.205. The molecule has 1 heterocycles. The van der Waals surface area contributed by atoms with Crippen molar-refractivity contribution in [2.75, 3.05) is 27.2 Å². The van der Waals surface area contributed by atoms with Crippen LogP contribution in [-0.2, 0) is 9.68 Å². The van der Waals surface area contributed by atoms with Crippen molar-refractivity contribution in [2.24, 2.45) is 33.3 Å². The molecule has 3 aliphatic carbocycles. The zero-order valence-electron chi connectivity index (χ0n) is 21.8. The number of amidine groups is 1. The molecule has 7 nitrogen and oxygen atoms in total. The molecular formula is C27H46N4O3. The van der Waals surface area contributed by atoms with Gasteiger partial charge in [-0.3, -0.25) is 0 Å². The van der Waals surface area contributed by atoms with Crippen LogP contribution in [0.4, 0.5) is 0 Å². The molecule has 0 amide bonds.